The average Bonchev–Trinajstić information content (AvgIpc) is 2.34. The molecule has 1 atom stereocenters. The minimum Gasteiger partial charge on any atom is -0.477 e. The summed E-state index contributed by atoms with van der Waals surface area (Å²) in [6.45, 7) is 0. The van der Waals surface area contributed by atoms with Crippen molar-refractivity contribution < 1.29 is 25.2 Å². The molecule has 1 aliphatic carbocycles. The van der Waals surface area contributed by atoms with Gasteiger partial charge in [0.25, 0.3) is 0 Å². The largest absolute Gasteiger partial charge is 0.477 e. The van der Waals surface area contributed by atoms with Gasteiger partial charge >= 0.3 is 5.97 Å². The summed E-state index contributed by atoms with van der Waals surface area (Å²) in [7, 11) is 0. The van der Waals surface area contributed by atoms with Crippen LogP contribution in [0.3, 0.4) is 0 Å². The van der Waals surface area contributed by atoms with Gasteiger partial charge in [-0.25, -0.2) is 4.79 Å². The molecule has 18 heavy (non-hydrogen) atoms. The number of rotatable bonds is 3. The van der Waals surface area contributed by atoms with Gasteiger partial charge in [-0.2, -0.15) is 0 Å². The zero-order chi connectivity index (χ0) is 13.3. The molecule has 5 heteroatoms. The summed E-state index contributed by atoms with van der Waals surface area (Å²) in [5.41, 5.74) is 5.32. The number of Topliss-reactive ketones (excluding diaryl/α,β-unsaturated/α-hetero) is 1. The van der Waals surface area contributed by atoms with E-state index in [1.807, 2.05) is 0 Å². The lowest BCUT2D eigenvalue weighted by molar-refractivity contribution is -0.407. The highest BCUT2D eigenvalue weighted by Gasteiger charge is 2.22. The molecule has 0 spiro atoms. The molecular weight excluding hydrogens is 234 g/mol. The fourth-order valence-corrected chi connectivity index (χ4v) is 1.83. The van der Waals surface area contributed by atoms with Gasteiger partial charge in [0.2, 0.25) is 11.6 Å². The minimum absolute atomic E-state index is 0.290. The maximum Gasteiger partial charge on any atom is 0.362 e. The Bertz CT molecular complexity index is 574. The van der Waals surface area contributed by atoms with E-state index < -0.39 is 23.6 Å². The van der Waals surface area contributed by atoms with Gasteiger partial charge in [-0.05, 0) is 17.2 Å². The number of fused-ring (bicyclic) bond motifs is 1. The molecular formula is C13H12NO4+. The zero-order valence-corrected chi connectivity index (χ0v) is 9.55. The van der Waals surface area contributed by atoms with Crippen molar-refractivity contribution in [3.8, 4) is 0 Å². The van der Waals surface area contributed by atoms with Crippen molar-refractivity contribution in [1.29, 1.82) is 0 Å². The average molecular weight is 246 g/mol. The van der Waals surface area contributed by atoms with E-state index in [9.17, 15) is 14.4 Å². The van der Waals surface area contributed by atoms with Crippen LogP contribution in [0.1, 0.15) is 21.5 Å². The molecule has 0 saturated carbocycles. The number of carbonyl (C=O) groups is 3. The number of hydrogen-bond donors (Lipinski definition) is 2. The molecule has 1 aromatic rings. The highest BCUT2D eigenvalue weighted by molar-refractivity contribution is 6.49. The van der Waals surface area contributed by atoms with Crippen LogP contribution < -0.4 is 5.73 Å². The van der Waals surface area contributed by atoms with Gasteiger partial charge in [-0.15, -0.1) is 0 Å². The van der Waals surface area contributed by atoms with E-state index in [0.717, 1.165) is 5.56 Å². The number of carboxylic acid groups (broad SMARTS) is 1. The van der Waals surface area contributed by atoms with Crippen LogP contribution in [0, 0.1) is 0 Å². The van der Waals surface area contributed by atoms with E-state index in [-0.39, 0.29) is 0 Å². The van der Waals surface area contributed by atoms with Crippen molar-refractivity contribution >= 4 is 23.6 Å². The quantitative estimate of drug-likeness (QED) is 0.715. The van der Waals surface area contributed by atoms with Crippen LogP contribution in [-0.4, -0.2) is 28.7 Å². The number of benzene rings is 1. The normalized spacial score (nSPS) is 15.4. The van der Waals surface area contributed by atoms with Gasteiger partial charge in [0.05, 0.1) is 0 Å². The number of hydrogen-bond acceptors (Lipinski definition) is 3. The first-order chi connectivity index (χ1) is 8.49. The lowest BCUT2D eigenvalue weighted by atomic mass is 9.92. The van der Waals surface area contributed by atoms with Crippen molar-refractivity contribution in [3.05, 3.63) is 41.0 Å². The van der Waals surface area contributed by atoms with Gasteiger partial charge in [0.15, 0.2) is 6.04 Å². The third-order valence-corrected chi connectivity index (χ3v) is 2.83. The number of ketones is 2. The summed E-state index contributed by atoms with van der Waals surface area (Å²) >= 11 is 0. The summed E-state index contributed by atoms with van der Waals surface area (Å²) in [4.78, 5) is 33.4. The Morgan fingerprint density at radius 1 is 1.28 bits per heavy atom. The Morgan fingerprint density at radius 3 is 2.67 bits per heavy atom. The lowest BCUT2D eigenvalue weighted by Gasteiger charge is -2.11. The highest BCUT2D eigenvalue weighted by atomic mass is 16.4. The van der Waals surface area contributed by atoms with Crippen molar-refractivity contribution in [2.75, 3.05) is 0 Å². The van der Waals surface area contributed by atoms with Gasteiger partial charge in [-0.1, -0.05) is 24.3 Å². The molecule has 92 valence electrons. The summed E-state index contributed by atoms with van der Waals surface area (Å²) in [5.74, 6) is -2.02. The molecule has 1 aliphatic rings. The second-order valence-corrected chi connectivity index (χ2v) is 4.19. The molecule has 0 bridgehead atoms. The SMILES string of the molecule is [NH3+]C(Cc1ccc2c(c1)C=CC(=O)C2=O)C(=O)O. The van der Waals surface area contributed by atoms with Crippen LogP contribution >= 0.6 is 0 Å². The Kier molecular flexibility index (Phi) is 3.08. The molecule has 0 radical (unpaired) electrons. The van der Waals surface area contributed by atoms with Crippen molar-refractivity contribution in [2.45, 2.75) is 12.5 Å². The second kappa shape index (κ2) is 4.54. The fraction of sp³-hybridized carbons (Fsp3) is 0.154. The van der Waals surface area contributed by atoms with Gasteiger partial charge in [0.1, 0.15) is 0 Å². The molecule has 0 saturated heterocycles. The molecule has 1 aromatic carbocycles. The molecule has 4 N–H and O–H groups in total. The zero-order valence-electron chi connectivity index (χ0n) is 9.55. The Morgan fingerprint density at radius 2 is 2.00 bits per heavy atom. The topological polar surface area (TPSA) is 99.1 Å². The maximum atomic E-state index is 11.6. The predicted molar refractivity (Wildman–Crippen MR) is 62.8 cm³/mol. The summed E-state index contributed by atoms with van der Waals surface area (Å²) in [5, 5.41) is 8.78. The Hall–Kier alpha value is -2.27. The third kappa shape index (κ3) is 2.21. The molecule has 0 fully saturated rings. The smallest absolute Gasteiger partial charge is 0.362 e. The van der Waals surface area contributed by atoms with Crippen LogP contribution in [0.2, 0.25) is 0 Å². The van der Waals surface area contributed by atoms with E-state index in [1.165, 1.54) is 6.08 Å². The standard InChI is InChI=1S/C13H11NO4/c14-10(13(17)18)6-7-1-3-9-8(5-7)2-4-11(15)12(9)16/h1-5,10H,6,14H2,(H,17,18)/p+1. The van der Waals surface area contributed by atoms with Gasteiger partial charge in [-0.3, -0.25) is 9.59 Å². The van der Waals surface area contributed by atoms with Crippen molar-refractivity contribution in [3.63, 3.8) is 0 Å². The predicted octanol–water partition coefficient (Wildman–Crippen LogP) is -0.297. The number of carbonyl (C=O) groups excluding carboxylic acids is 2. The fourth-order valence-electron chi connectivity index (χ4n) is 1.83. The van der Waals surface area contributed by atoms with Crippen LogP contribution in [0.5, 0.6) is 0 Å². The van der Waals surface area contributed by atoms with Crippen LogP contribution in [0.25, 0.3) is 6.08 Å². The van der Waals surface area contributed by atoms with Gasteiger partial charge in [0, 0.05) is 12.0 Å². The molecule has 1 unspecified atom stereocenters. The first-order valence-corrected chi connectivity index (χ1v) is 5.44. The maximum absolute atomic E-state index is 11.6. The van der Waals surface area contributed by atoms with E-state index in [0.29, 0.717) is 17.5 Å². The van der Waals surface area contributed by atoms with E-state index in [2.05, 4.69) is 5.73 Å². The summed E-state index contributed by atoms with van der Waals surface area (Å²) in [6.07, 6.45) is 3.09. The molecule has 0 aliphatic heterocycles. The Labute approximate surface area is 103 Å². The van der Waals surface area contributed by atoms with E-state index in [1.54, 1.807) is 24.3 Å². The first-order valence-electron chi connectivity index (χ1n) is 5.44. The number of quaternary nitrogens is 1. The van der Waals surface area contributed by atoms with E-state index in [4.69, 9.17) is 5.11 Å². The van der Waals surface area contributed by atoms with Crippen LogP contribution in [0.4, 0.5) is 0 Å². The summed E-state index contributed by atoms with van der Waals surface area (Å²) in [6, 6.07) is 4.21. The first kappa shape index (κ1) is 12.2. The second-order valence-electron chi connectivity index (χ2n) is 4.19. The van der Waals surface area contributed by atoms with Crippen molar-refractivity contribution in [1.82, 2.24) is 0 Å². The molecule has 0 amide bonds. The molecule has 5 nitrogen and oxygen atoms in total. The van der Waals surface area contributed by atoms with Crippen LogP contribution in [0.15, 0.2) is 24.3 Å². The number of aliphatic carboxylic acids is 1. The Balaban J connectivity index is 2.30. The van der Waals surface area contributed by atoms with Crippen LogP contribution in [-0.2, 0) is 16.0 Å². The molecule has 2 rings (SSSR count). The molecule has 0 heterocycles. The number of allylic oxidation sites excluding steroid dienone is 1. The highest BCUT2D eigenvalue weighted by Crippen LogP contribution is 2.19. The minimum atomic E-state index is -0.963. The van der Waals surface area contributed by atoms with Crippen molar-refractivity contribution in [2.24, 2.45) is 0 Å². The monoisotopic (exact) mass is 246 g/mol. The lowest BCUT2D eigenvalue weighted by Crippen LogP contribution is -2.65. The van der Waals surface area contributed by atoms with E-state index >= 15 is 0 Å². The van der Waals surface area contributed by atoms with Gasteiger partial charge < -0.3 is 10.8 Å². The molecule has 0 aromatic heterocycles. The number of carboxylic acids is 1. The summed E-state index contributed by atoms with van der Waals surface area (Å²) < 4.78 is 0. The third-order valence-electron chi connectivity index (χ3n) is 2.83.